The number of rotatable bonds is 4. The molecule has 19 heavy (non-hydrogen) atoms. The molecular weight excluding hydrogens is 286 g/mol. The molecule has 0 atom stereocenters. The predicted octanol–water partition coefficient (Wildman–Crippen LogP) is 2.62. The average molecular weight is 298 g/mol. The van der Waals surface area contributed by atoms with Crippen molar-refractivity contribution in [3.63, 3.8) is 0 Å². The summed E-state index contributed by atoms with van der Waals surface area (Å²) in [6.45, 7) is 1.91. The smallest absolute Gasteiger partial charge is 0.313 e. The van der Waals surface area contributed by atoms with E-state index in [0.29, 0.717) is 16.0 Å². The summed E-state index contributed by atoms with van der Waals surface area (Å²) >= 11 is 7.35. The molecule has 0 aliphatic carbocycles. The van der Waals surface area contributed by atoms with Gasteiger partial charge >= 0.3 is 5.97 Å². The largest absolute Gasteiger partial charge is 0.481 e. The standard InChI is InChI=1S/C12H12ClN3O2S/c1-7-4-3-5-8(10(7)13)11-14-12(16(2)15-11)19-6-9(17)18/h3-5H,6H2,1-2H3,(H,17,18). The minimum Gasteiger partial charge on any atom is -0.481 e. The van der Waals surface area contributed by atoms with Gasteiger partial charge in [-0.25, -0.2) is 9.67 Å². The molecule has 2 aromatic rings. The summed E-state index contributed by atoms with van der Waals surface area (Å²) in [7, 11) is 1.73. The third-order valence-corrected chi connectivity index (χ3v) is 3.99. The first-order valence-corrected chi connectivity index (χ1v) is 6.86. The lowest BCUT2D eigenvalue weighted by molar-refractivity contribution is -0.133. The van der Waals surface area contributed by atoms with E-state index in [0.717, 1.165) is 22.9 Å². The van der Waals surface area contributed by atoms with E-state index in [1.807, 2.05) is 25.1 Å². The van der Waals surface area contributed by atoms with Gasteiger partial charge in [0, 0.05) is 12.6 Å². The van der Waals surface area contributed by atoms with Crippen LogP contribution in [-0.2, 0) is 11.8 Å². The fraction of sp³-hybridized carbons (Fsp3) is 0.250. The molecule has 1 N–H and O–H groups in total. The van der Waals surface area contributed by atoms with E-state index in [4.69, 9.17) is 16.7 Å². The van der Waals surface area contributed by atoms with Gasteiger partial charge in [0.15, 0.2) is 11.0 Å². The van der Waals surface area contributed by atoms with Crippen LogP contribution < -0.4 is 0 Å². The van der Waals surface area contributed by atoms with Crippen LogP contribution in [0.25, 0.3) is 11.4 Å². The quantitative estimate of drug-likeness (QED) is 0.879. The number of aromatic nitrogens is 3. The van der Waals surface area contributed by atoms with Crippen molar-refractivity contribution < 1.29 is 9.90 Å². The van der Waals surface area contributed by atoms with Crippen molar-refractivity contribution >= 4 is 29.3 Å². The maximum atomic E-state index is 10.6. The van der Waals surface area contributed by atoms with Crippen molar-refractivity contribution in [1.29, 1.82) is 0 Å². The number of nitrogens with zero attached hydrogens (tertiary/aromatic N) is 3. The zero-order chi connectivity index (χ0) is 14.0. The molecule has 5 nitrogen and oxygen atoms in total. The first-order chi connectivity index (χ1) is 8.99. The number of carboxylic acid groups (broad SMARTS) is 1. The summed E-state index contributed by atoms with van der Waals surface area (Å²) in [5, 5.41) is 14.1. The highest BCUT2D eigenvalue weighted by atomic mass is 35.5. The van der Waals surface area contributed by atoms with Crippen molar-refractivity contribution in [1.82, 2.24) is 14.8 Å². The molecular formula is C12H12ClN3O2S. The molecule has 0 radical (unpaired) electrons. The Morgan fingerprint density at radius 1 is 1.53 bits per heavy atom. The average Bonchev–Trinajstić information content (AvgIpc) is 2.71. The molecule has 0 aliphatic heterocycles. The topological polar surface area (TPSA) is 68.0 Å². The van der Waals surface area contributed by atoms with Gasteiger partial charge in [-0.1, -0.05) is 35.5 Å². The van der Waals surface area contributed by atoms with Gasteiger partial charge in [-0.15, -0.1) is 0 Å². The van der Waals surface area contributed by atoms with Crippen LogP contribution in [-0.4, -0.2) is 31.6 Å². The number of aryl methyl sites for hydroxylation is 2. The fourth-order valence-corrected chi connectivity index (χ4v) is 2.40. The highest BCUT2D eigenvalue weighted by Crippen LogP contribution is 2.29. The molecule has 0 aliphatic rings. The second-order valence-corrected chi connectivity index (χ2v) is 5.28. The maximum Gasteiger partial charge on any atom is 0.313 e. The monoisotopic (exact) mass is 297 g/mol. The van der Waals surface area contributed by atoms with E-state index in [1.54, 1.807) is 11.7 Å². The van der Waals surface area contributed by atoms with Crippen molar-refractivity contribution in [3.8, 4) is 11.4 Å². The van der Waals surface area contributed by atoms with Gasteiger partial charge in [-0.2, -0.15) is 5.10 Å². The number of carbonyl (C=O) groups is 1. The number of hydrogen-bond donors (Lipinski definition) is 1. The Bertz CT molecular complexity index is 627. The summed E-state index contributed by atoms with van der Waals surface area (Å²) in [6.07, 6.45) is 0. The molecule has 0 unspecified atom stereocenters. The second-order valence-electron chi connectivity index (χ2n) is 3.96. The molecule has 0 saturated carbocycles. The molecule has 1 heterocycles. The third-order valence-electron chi connectivity index (χ3n) is 2.48. The molecule has 100 valence electrons. The van der Waals surface area contributed by atoms with E-state index >= 15 is 0 Å². The van der Waals surface area contributed by atoms with Gasteiger partial charge in [0.2, 0.25) is 0 Å². The lowest BCUT2D eigenvalue weighted by atomic mass is 10.1. The Hall–Kier alpha value is -1.53. The van der Waals surface area contributed by atoms with E-state index < -0.39 is 5.97 Å². The first kappa shape index (κ1) is 13.9. The van der Waals surface area contributed by atoms with Crippen LogP contribution in [0.1, 0.15) is 5.56 Å². The van der Waals surface area contributed by atoms with Crippen LogP contribution in [0.3, 0.4) is 0 Å². The molecule has 0 spiro atoms. The Kier molecular flexibility index (Phi) is 4.11. The van der Waals surface area contributed by atoms with Crippen LogP contribution in [0, 0.1) is 6.92 Å². The Morgan fingerprint density at radius 3 is 2.95 bits per heavy atom. The normalized spacial score (nSPS) is 10.7. The number of hydrogen-bond acceptors (Lipinski definition) is 4. The summed E-state index contributed by atoms with van der Waals surface area (Å²) in [5.74, 6) is -0.430. The van der Waals surface area contributed by atoms with Crippen molar-refractivity contribution in [2.24, 2.45) is 7.05 Å². The lowest BCUT2D eigenvalue weighted by Crippen LogP contribution is -2.00. The molecule has 1 aromatic carbocycles. The van der Waals surface area contributed by atoms with Gasteiger partial charge in [-0.3, -0.25) is 4.79 Å². The summed E-state index contributed by atoms with van der Waals surface area (Å²) in [6, 6.07) is 5.64. The Labute approximate surface area is 119 Å². The highest BCUT2D eigenvalue weighted by molar-refractivity contribution is 7.99. The maximum absolute atomic E-state index is 10.6. The minimum absolute atomic E-state index is 0.0481. The third kappa shape index (κ3) is 3.08. The first-order valence-electron chi connectivity index (χ1n) is 5.50. The Balaban J connectivity index is 2.34. The molecule has 2 rings (SSSR count). The van der Waals surface area contributed by atoms with E-state index in [1.165, 1.54) is 0 Å². The second kappa shape index (κ2) is 5.63. The van der Waals surface area contributed by atoms with Gasteiger partial charge in [0.25, 0.3) is 0 Å². The SMILES string of the molecule is Cc1cccc(-c2nc(SCC(=O)O)n(C)n2)c1Cl. The fourth-order valence-electron chi connectivity index (χ4n) is 1.56. The van der Waals surface area contributed by atoms with Crippen molar-refractivity contribution in [2.45, 2.75) is 12.1 Å². The molecule has 0 fully saturated rings. The van der Waals surface area contributed by atoms with Crippen LogP contribution in [0.4, 0.5) is 0 Å². The van der Waals surface area contributed by atoms with Gasteiger partial charge in [0.05, 0.1) is 10.8 Å². The van der Waals surface area contributed by atoms with Crippen molar-refractivity contribution in [3.05, 3.63) is 28.8 Å². The molecule has 0 saturated heterocycles. The number of halogens is 1. The van der Waals surface area contributed by atoms with Crippen LogP contribution in [0.5, 0.6) is 0 Å². The van der Waals surface area contributed by atoms with E-state index in [2.05, 4.69) is 10.1 Å². The number of benzene rings is 1. The van der Waals surface area contributed by atoms with Crippen LogP contribution in [0.15, 0.2) is 23.4 Å². The van der Waals surface area contributed by atoms with Gasteiger partial charge in [-0.05, 0) is 18.6 Å². The lowest BCUT2D eigenvalue weighted by Gasteiger charge is -2.01. The zero-order valence-corrected chi connectivity index (χ0v) is 12.0. The summed E-state index contributed by atoms with van der Waals surface area (Å²) in [4.78, 5) is 14.9. The number of aliphatic carboxylic acids is 1. The predicted molar refractivity (Wildman–Crippen MR) is 74.5 cm³/mol. The molecule has 0 bridgehead atoms. The minimum atomic E-state index is -0.886. The summed E-state index contributed by atoms with van der Waals surface area (Å²) in [5.41, 5.74) is 1.70. The molecule has 1 aromatic heterocycles. The van der Waals surface area contributed by atoms with E-state index in [-0.39, 0.29) is 5.75 Å². The highest BCUT2D eigenvalue weighted by Gasteiger charge is 2.14. The zero-order valence-electron chi connectivity index (χ0n) is 10.4. The van der Waals surface area contributed by atoms with Gasteiger partial charge < -0.3 is 5.11 Å². The molecule has 7 heteroatoms. The van der Waals surface area contributed by atoms with Gasteiger partial charge in [0.1, 0.15) is 0 Å². The Morgan fingerprint density at radius 2 is 2.26 bits per heavy atom. The van der Waals surface area contributed by atoms with E-state index in [9.17, 15) is 4.79 Å². The number of thioether (sulfide) groups is 1. The number of carboxylic acids is 1. The summed E-state index contributed by atoms with van der Waals surface area (Å²) < 4.78 is 1.56. The molecule has 0 amide bonds. The van der Waals surface area contributed by atoms with Crippen molar-refractivity contribution in [2.75, 3.05) is 5.75 Å². The van der Waals surface area contributed by atoms with Crippen LogP contribution >= 0.6 is 23.4 Å². The van der Waals surface area contributed by atoms with Crippen LogP contribution in [0.2, 0.25) is 5.02 Å².